The molecule has 0 aromatic carbocycles. The third-order valence-corrected chi connectivity index (χ3v) is 3.82. The third kappa shape index (κ3) is 2.59. The van der Waals surface area contributed by atoms with Crippen molar-refractivity contribution in [3.63, 3.8) is 0 Å². The van der Waals surface area contributed by atoms with E-state index in [0.717, 1.165) is 18.1 Å². The molecule has 1 N–H and O–H groups in total. The molecule has 3 rings (SSSR count). The van der Waals surface area contributed by atoms with Gasteiger partial charge in [-0.3, -0.25) is 0 Å². The summed E-state index contributed by atoms with van der Waals surface area (Å²) in [5.74, 6) is 1.98. The largest absolute Gasteiger partial charge is 0.466 e. The Labute approximate surface area is 113 Å². The van der Waals surface area contributed by atoms with Crippen molar-refractivity contribution in [2.75, 3.05) is 0 Å². The molecule has 0 amide bonds. The van der Waals surface area contributed by atoms with Crippen LogP contribution in [-0.2, 0) is 6.54 Å². The number of aromatic nitrogens is 2. The van der Waals surface area contributed by atoms with Gasteiger partial charge in [-0.25, -0.2) is 4.98 Å². The average Bonchev–Trinajstić information content (AvgIpc) is 3.01. The Kier molecular flexibility index (Phi) is 3.19. The van der Waals surface area contributed by atoms with Crippen LogP contribution in [0, 0.1) is 13.8 Å². The summed E-state index contributed by atoms with van der Waals surface area (Å²) in [6.45, 7) is 7.04. The Morgan fingerprint density at radius 2 is 2.26 bits per heavy atom. The quantitative estimate of drug-likeness (QED) is 0.896. The zero-order valence-corrected chi connectivity index (χ0v) is 11.8. The van der Waals surface area contributed by atoms with Crippen molar-refractivity contribution in [2.45, 2.75) is 52.2 Å². The fourth-order valence-corrected chi connectivity index (χ4v) is 2.60. The summed E-state index contributed by atoms with van der Waals surface area (Å²) in [7, 11) is 0. The molecule has 1 aliphatic rings. The van der Waals surface area contributed by atoms with Crippen LogP contribution in [0.4, 0.5) is 0 Å². The lowest BCUT2D eigenvalue weighted by Crippen LogP contribution is -2.20. The lowest BCUT2D eigenvalue weighted by molar-refractivity contribution is 0.487. The number of furan rings is 1. The van der Waals surface area contributed by atoms with Gasteiger partial charge in [0.2, 0.25) is 0 Å². The molecule has 4 heteroatoms. The molecule has 4 nitrogen and oxygen atoms in total. The molecule has 19 heavy (non-hydrogen) atoms. The highest BCUT2D eigenvalue weighted by atomic mass is 16.3. The Balaban J connectivity index is 1.65. The standard InChI is InChI=1S/C15H21N3O/c1-10-6-15(12(3)19-10)11(2)17-8-14-7-16-9-18(14)13-4-5-13/h6-7,9,11,13,17H,4-5,8H2,1-3H3. The first-order valence-electron chi connectivity index (χ1n) is 6.96. The molecular weight excluding hydrogens is 238 g/mol. The van der Waals surface area contributed by atoms with Crippen molar-refractivity contribution in [3.8, 4) is 0 Å². The summed E-state index contributed by atoms with van der Waals surface area (Å²) in [5, 5.41) is 3.56. The molecule has 2 aromatic heterocycles. The maximum atomic E-state index is 5.59. The van der Waals surface area contributed by atoms with Crippen LogP contribution in [0.2, 0.25) is 0 Å². The highest BCUT2D eigenvalue weighted by Gasteiger charge is 2.25. The number of rotatable bonds is 5. The van der Waals surface area contributed by atoms with Crippen LogP contribution in [-0.4, -0.2) is 9.55 Å². The maximum Gasteiger partial charge on any atom is 0.105 e. The Morgan fingerprint density at radius 3 is 2.89 bits per heavy atom. The molecule has 1 fully saturated rings. The van der Waals surface area contributed by atoms with E-state index in [9.17, 15) is 0 Å². The zero-order chi connectivity index (χ0) is 13.4. The van der Waals surface area contributed by atoms with Crippen LogP contribution in [0.5, 0.6) is 0 Å². The lowest BCUT2D eigenvalue weighted by Gasteiger charge is -2.14. The van der Waals surface area contributed by atoms with E-state index in [4.69, 9.17) is 4.42 Å². The number of nitrogens with zero attached hydrogens (tertiary/aromatic N) is 2. The molecule has 0 saturated heterocycles. The summed E-state index contributed by atoms with van der Waals surface area (Å²) < 4.78 is 7.89. The molecule has 2 heterocycles. The number of nitrogens with one attached hydrogen (secondary N) is 1. The highest BCUT2D eigenvalue weighted by Crippen LogP contribution is 2.35. The minimum absolute atomic E-state index is 0.292. The van der Waals surface area contributed by atoms with Crippen molar-refractivity contribution in [1.29, 1.82) is 0 Å². The number of hydrogen-bond donors (Lipinski definition) is 1. The van der Waals surface area contributed by atoms with Crippen molar-refractivity contribution in [1.82, 2.24) is 14.9 Å². The van der Waals surface area contributed by atoms with Gasteiger partial charge in [0, 0.05) is 30.4 Å². The summed E-state index contributed by atoms with van der Waals surface area (Å²) in [5.41, 5.74) is 2.52. The second-order valence-corrected chi connectivity index (χ2v) is 5.49. The second-order valence-electron chi connectivity index (χ2n) is 5.49. The van der Waals surface area contributed by atoms with E-state index in [0.29, 0.717) is 12.1 Å². The van der Waals surface area contributed by atoms with E-state index in [2.05, 4.69) is 27.9 Å². The minimum atomic E-state index is 0.292. The van der Waals surface area contributed by atoms with Gasteiger partial charge in [-0.05, 0) is 39.7 Å². The van der Waals surface area contributed by atoms with E-state index in [1.165, 1.54) is 24.1 Å². The molecule has 1 atom stereocenters. The third-order valence-electron chi connectivity index (χ3n) is 3.82. The van der Waals surface area contributed by atoms with Crippen LogP contribution in [0.3, 0.4) is 0 Å². The van der Waals surface area contributed by atoms with E-state index < -0.39 is 0 Å². The Hall–Kier alpha value is -1.55. The van der Waals surface area contributed by atoms with Crippen molar-refractivity contribution < 1.29 is 4.42 Å². The number of imidazole rings is 1. The molecule has 1 saturated carbocycles. The molecule has 0 radical (unpaired) electrons. The molecule has 0 aliphatic heterocycles. The Bertz CT molecular complexity index is 566. The minimum Gasteiger partial charge on any atom is -0.466 e. The van der Waals surface area contributed by atoms with Crippen molar-refractivity contribution in [2.24, 2.45) is 0 Å². The first-order valence-corrected chi connectivity index (χ1v) is 6.96. The van der Waals surface area contributed by atoms with Gasteiger partial charge in [-0.15, -0.1) is 0 Å². The molecule has 0 bridgehead atoms. The van der Waals surface area contributed by atoms with E-state index in [1.807, 2.05) is 26.4 Å². The molecule has 1 unspecified atom stereocenters. The lowest BCUT2D eigenvalue weighted by atomic mass is 10.1. The highest BCUT2D eigenvalue weighted by molar-refractivity contribution is 5.23. The number of aryl methyl sites for hydroxylation is 2. The van der Waals surface area contributed by atoms with E-state index in [-0.39, 0.29) is 0 Å². The normalized spacial score (nSPS) is 16.8. The molecule has 102 valence electrons. The van der Waals surface area contributed by atoms with Gasteiger partial charge in [-0.1, -0.05) is 0 Å². The summed E-state index contributed by atoms with van der Waals surface area (Å²) in [6, 6.07) is 3.10. The van der Waals surface area contributed by atoms with Gasteiger partial charge in [0.05, 0.1) is 12.0 Å². The maximum absolute atomic E-state index is 5.59. The second kappa shape index (κ2) is 4.85. The van der Waals surface area contributed by atoms with E-state index >= 15 is 0 Å². The van der Waals surface area contributed by atoms with Crippen LogP contribution >= 0.6 is 0 Å². The van der Waals surface area contributed by atoms with Gasteiger partial charge in [0.1, 0.15) is 11.5 Å². The molecular formula is C15H21N3O. The topological polar surface area (TPSA) is 43.0 Å². The fraction of sp³-hybridized carbons (Fsp3) is 0.533. The first kappa shape index (κ1) is 12.5. The van der Waals surface area contributed by atoms with Crippen molar-refractivity contribution >= 4 is 0 Å². The molecule has 1 aliphatic carbocycles. The Morgan fingerprint density at radius 1 is 1.47 bits per heavy atom. The fourth-order valence-electron chi connectivity index (χ4n) is 2.60. The number of hydrogen-bond acceptors (Lipinski definition) is 3. The van der Waals surface area contributed by atoms with Crippen molar-refractivity contribution in [3.05, 3.63) is 41.4 Å². The van der Waals surface area contributed by atoms with Gasteiger partial charge in [0.15, 0.2) is 0 Å². The van der Waals surface area contributed by atoms with Crippen LogP contribution in [0.25, 0.3) is 0 Å². The summed E-state index contributed by atoms with van der Waals surface area (Å²) in [4.78, 5) is 4.26. The molecule has 2 aromatic rings. The first-order chi connectivity index (χ1) is 9.15. The average molecular weight is 259 g/mol. The van der Waals surface area contributed by atoms with E-state index in [1.54, 1.807) is 0 Å². The van der Waals surface area contributed by atoms with Gasteiger partial charge in [-0.2, -0.15) is 0 Å². The summed E-state index contributed by atoms with van der Waals surface area (Å²) in [6.07, 6.45) is 6.50. The predicted octanol–water partition coefficient (Wildman–Crippen LogP) is 3.28. The molecule has 0 spiro atoms. The SMILES string of the molecule is Cc1cc(C(C)NCc2cncn2C2CC2)c(C)o1. The van der Waals surface area contributed by atoms with Crippen LogP contribution in [0.1, 0.15) is 54.6 Å². The van der Waals surface area contributed by atoms with Gasteiger partial charge >= 0.3 is 0 Å². The monoisotopic (exact) mass is 259 g/mol. The zero-order valence-electron chi connectivity index (χ0n) is 11.8. The van der Waals surface area contributed by atoms with Crippen LogP contribution < -0.4 is 5.32 Å². The van der Waals surface area contributed by atoms with Gasteiger partial charge in [0.25, 0.3) is 0 Å². The van der Waals surface area contributed by atoms with Gasteiger partial charge < -0.3 is 14.3 Å². The predicted molar refractivity (Wildman–Crippen MR) is 73.9 cm³/mol. The smallest absolute Gasteiger partial charge is 0.105 e. The summed E-state index contributed by atoms with van der Waals surface area (Å²) >= 11 is 0. The van der Waals surface area contributed by atoms with Crippen LogP contribution in [0.15, 0.2) is 23.0 Å².